The number of thioether (sulfide) groups is 1. The first kappa shape index (κ1) is 20.3. The molecule has 1 N–H and O–H groups in total. The van der Waals surface area contributed by atoms with Crippen molar-refractivity contribution in [1.29, 1.82) is 0 Å². The van der Waals surface area contributed by atoms with E-state index in [0.717, 1.165) is 42.0 Å². The van der Waals surface area contributed by atoms with Crippen molar-refractivity contribution < 1.29 is 14.3 Å². The summed E-state index contributed by atoms with van der Waals surface area (Å²) >= 11 is 1.60. The number of rotatable bonds is 8. The van der Waals surface area contributed by atoms with Crippen molar-refractivity contribution in [2.24, 2.45) is 0 Å². The minimum Gasteiger partial charge on any atom is -0.497 e. The van der Waals surface area contributed by atoms with E-state index < -0.39 is 0 Å². The molecular formula is C22H26N2O3S. The van der Waals surface area contributed by atoms with Gasteiger partial charge in [-0.15, -0.1) is 11.8 Å². The number of carbonyl (C=O) groups excluding carboxylic acids is 2. The summed E-state index contributed by atoms with van der Waals surface area (Å²) in [6, 6.07) is 15.3. The van der Waals surface area contributed by atoms with Gasteiger partial charge in [0.25, 0.3) is 0 Å². The van der Waals surface area contributed by atoms with Gasteiger partial charge in [0.1, 0.15) is 11.1 Å². The second-order valence-electron chi connectivity index (χ2n) is 6.76. The second-order valence-corrected chi connectivity index (χ2v) is 7.82. The highest BCUT2D eigenvalue weighted by molar-refractivity contribution is 8.00. The van der Waals surface area contributed by atoms with Gasteiger partial charge in [-0.1, -0.05) is 38.0 Å². The molecule has 1 saturated heterocycles. The van der Waals surface area contributed by atoms with Crippen LogP contribution < -0.4 is 15.0 Å². The number of nitrogens with one attached hydrogen (secondary N) is 1. The zero-order chi connectivity index (χ0) is 19.9. The van der Waals surface area contributed by atoms with Gasteiger partial charge in [-0.05, 0) is 36.2 Å². The van der Waals surface area contributed by atoms with Crippen molar-refractivity contribution in [3.8, 4) is 5.75 Å². The van der Waals surface area contributed by atoms with E-state index in [1.165, 1.54) is 0 Å². The normalized spacial score (nSPS) is 16.3. The van der Waals surface area contributed by atoms with Gasteiger partial charge in [0.2, 0.25) is 11.8 Å². The maximum atomic E-state index is 12.5. The predicted molar refractivity (Wildman–Crippen MR) is 115 cm³/mol. The van der Waals surface area contributed by atoms with E-state index in [-0.39, 0.29) is 17.2 Å². The molecule has 0 saturated carbocycles. The van der Waals surface area contributed by atoms with Crippen LogP contribution in [0.1, 0.15) is 43.5 Å². The van der Waals surface area contributed by atoms with E-state index in [9.17, 15) is 9.59 Å². The van der Waals surface area contributed by atoms with Gasteiger partial charge in [-0.3, -0.25) is 14.5 Å². The van der Waals surface area contributed by atoms with Gasteiger partial charge in [0, 0.05) is 23.9 Å². The predicted octanol–water partition coefficient (Wildman–Crippen LogP) is 4.99. The molecule has 6 heteroatoms. The summed E-state index contributed by atoms with van der Waals surface area (Å²) in [6.45, 7) is 2.12. The van der Waals surface area contributed by atoms with Crippen LogP contribution in [-0.2, 0) is 9.59 Å². The molecular weight excluding hydrogens is 372 g/mol. The average Bonchev–Trinajstić information content (AvgIpc) is 3.10. The fourth-order valence-corrected chi connectivity index (χ4v) is 4.38. The number of hydrogen-bond donors (Lipinski definition) is 1. The Balaban J connectivity index is 1.71. The Morgan fingerprint density at radius 1 is 1.21 bits per heavy atom. The Morgan fingerprint density at radius 2 is 2.00 bits per heavy atom. The molecule has 0 spiro atoms. The molecule has 1 fully saturated rings. The van der Waals surface area contributed by atoms with Gasteiger partial charge in [-0.25, -0.2) is 0 Å². The number of hydrogen-bond acceptors (Lipinski definition) is 4. The molecule has 5 nitrogen and oxygen atoms in total. The van der Waals surface area contributed by atoms with Gasteiger partial charge in [0.05, 0.1) is 12.9 Å². The van der Waals surface area contributed by atoms with Crippen molar-refractivity contribution in [2.75, 3.05) is 23.1 Å². The van der Waals surface area contributed by atoms with Gasteiger partial charge < -0.3 is 10.1 Å². The molecule has 148 valence electrons. The summed E-state index contributed by atoms with van der Waals surface area (Å²) in [5.41, 5.74) is 2.64. The number of unbranched alkanes of at least 4 members (excludes halogenated alkanes) is 2. The lowest BCUT2D eigenvalue weighted by Gasteiger charge is -2.25. The van der Waals surface area contributed by atoms with Crippen LogP contribution >= 0.6 is 11.8 Å². The van der Waals surface area contributed by atoms with Gasteiger partial charge in [-0.2, -0.15) is 0 Å². The number of ether oxygens (including phenoxy) is 1. The lowest BCUT2D eigenvalue weighted by molar-refractivity contribution is -0.116. The largest absolute Gasteiger partial charge is 0.497 e. The van der Waals surface area contributed by atoms with E-state index in [0.29, 0.717) is 12.2 Å². The highest BCUT2D eigenvalue weighted by Crippen LogP contribution is 2.42. The number of amides is 2. The highest BCUT2D eigenvalue weighted by Gasteiger charge is 2.34. The molecule has 2 aromatic carbocycles. The average molecular weight is 399 g/mol. The summed E-state index contributed by atoms with van der Waals surface area (Å²) in [6.07, 6.45) is 3.63. The molecule has 2 aromatic rings. The first-order valence-corrected chi connectivity index (χ1v) is 10.6. The van der Waals surface area contributed by atoms with E-state index in [4.69, 9.17) is 4.74 Å². The molecule has 0 aromatic heterocycles. The standard InChI is InChI=1S/C22H26N2O3S/c1-3-4-5-9-20(25)23-17-12-10-16(11-13-17)22-24(21(26)15-28-22)18-7-6-8-19(14-18)27-2/h6-8,10-14,22H,3-5,9,15H2,1-2H3,(H,23,25)/t22-/m0/s1. The summed E-state index contributed by atoms with van der Waals surface area (Å²) in [4.78, 5) is 26.3. The van der Waals surface area contributed by atoms with Gasteiger partial charge >= 0.3 is 0 Å². The lowest BCUT2D eigenvalue weighted by Crippen LogP contribution is -2.27. The quantitative estimate of drug-likeness (QED) is 0.636. The van der Waals surface area contributed by atoms with Crippen molar-refractivity contribution in [1.82, 2.24) is 0 Å². The van der Waals surface area contributed by atoms with E-state index in [1.54, 1.807) is 18.9 Å². The van der Waals surface area contributed by atoms with Gasteiger partial charge in [0.15, 0.2) is 0 Å². The topological polar surface area (TPSA) is 58.6 Å². The first-order chi connectivity index (χ1) is 13.6. The lowest BCUT2D eigenvalue weighted by atomic mass is 10.1. The van der Waals surface area contributed by atoms with Crippen molar-refractivity contribution in [3.63, 3.8) is 0 Å². The van der Waals surface area contributed by atoms with E-state index >= 15 is 0 Å². The second kappa shape index (κ2) is 9.64. The monoisotopic (exact) mass is 398 g/mol. The third-order valence-corrected chi connectivity index (χ3v) is 5.90. The zero-order valence-electron chi connectivity index (χ0n) is 16.3. The maximum absolute atomic E-state index is 12.5. The van der Waals surface area contributed by atoms with E-state index in [1.807, 2.05) is 53.4 Å². The molecule has 0 bridgehead atoms. The van der Waals surface area contributed by atoms with Crippen molar-refractivity contribution >= 4 is 35.0 Å². The third kappa shape index (κ3) is 4.87. The summed E-state index contributed by atoms with van der Waals surface area (Å²) in [5, 5.41) is 2.85. The summed E-state index contributed by atoms with van der Waals surface area (Å²) in [7, 11) is 1.62. The summed E-state index contributed by atoms with van der Waals surface area (Å²) in [5.74, 6) is 1.29. The molecule has 0 aliphatic carbocycles. The Hall–Kier alpha value is -2.47. The van der Waals surface area contributed by atoms with E-state index in [2.05, 4.69) is 12.2 Å². The third-order valence-electron chi connectivity index (χ3n) is 4.69. The number of benzene rings is 2. The van der Waals surface area contributed by atoms with Crippen LogP contribution in [-0.4, -0.2) is 24.7 Å². The number of methoxy groups -OCH3 is 1. The highest BCUT2D eigenvalue weighted by atomic mass is 32.2. The SMILES string of the molecule is CCCCCC(=O)Nc1ccc([C@@H]2SCC(=O)N2c2cccc(OC)c2)cc1. The van der Waals surface area contributed by atoms with Crippen LogP contribution in [0.25, 0.3) is 0 Å². The fourth-order valence-electron chi connectivity index (χ4n) is 3.20. The van der Waals surface area contributed by atoms with Crippen LogP contribution in [0.4, 0.5) is 11.4 Å². The number of anilines is 2. The fraction of sp³-hybridized carbons (Fsp3) is 0.364. The van der Waals surface area contributed by atoms with Crippen molar-refractivity contribution in [3.05, 3.63) is 54.1 Å². The molecule has 1 atom stereocenters. The Morgan fingerprint density at radius 3 is 2.71 bits per heavy atom. The zero-order valence-corrected chi connectivity index (χ0v) is 17.1. The minimum atomic E-state index is -0.0890. The maximum Gasteiger partial charge on any atom is 0.238 e. The minimum absolute atomic E-state index is 0.0460. The first-order valence-electron chi connectivity index (χ1n) is 9.60. The number of carbonyl (C=O) groups is 2. The molecule has 1 aliphatic rings. The molecule has 28 heavy (non-hydrogen) atoms. The van der Waals surface area contributed by atoms with Crippen LogP contribution in [0.2, 0.25) is 0 Å². The van der Waals surface area contributed by atoms with Crippen LogP contribution in [0.3, 0.4) is 0 Å². The smallest absolute Gasteiger partial charge is 0.238 e. The van der Waals surface area contributed by atoms with Crippen LogP contribution in [0.15, 0.2) is 48.5 Å². The molecule has 0 unspecified atom stereocenters. The van der Waals surface area contributed by atoms with Crippen molar-refractivity contribution in [2.45, 2.75) is 38.0 Å². The molecule has 1 heterocycles. The Bertz CT molecular complexity index is 823. The Labute approximate surface area is 170 Å². The molecule has 3 rings (SSSR count). The molecule has 2 amide bonds. The Kier molecular flexibility index (Phi) is 6.98. The summed E-state index contributed by atoms with van der Waals surface area (Å²) < 4.78 is 5.29. The molecule has 0 radical (unpaired) electrons. The van der Waals surface area contributed by atoms with Crippen LogP contribution in [0.5, 0.6) is 5.75 Å². The number of nitrogens with zero attached hydrogens (tertiary/aromatic N) is 1. The van der Waals surface area contributed by atoms with Crippen LogP contribution in [0, 0.1) is 0 Å². The molecule has 1 aliphatic heterocycles.